The van der Waals surface area contributed by atoms with Crippen LogP contribution in [0.25, 0.3) is 0 Å². The van der Waals surface area contributed by atoms with Crippen molar-refractivity contribution in [2.24, 2.45) is 0 Å². The van der Waals surface area contributed by atoms with Crippen molar-refractivity contribution in [2.75, 3.05) is 13.6 Å². The van der Waals surface area contributed by atoms with E-state index in [1.165, 1.54) is 4.88 Å². The Kier molecular flexibility index (Phi) is 5.74. The van der Waals surface area contributed by atoms with Crippen molar-refractivity contribution >= 4 is 17.2 Å². The topological polar surface area (TPSA) is 33.2 Å². The molecule has 0 aliphatic carbocycles. The van der Waals surface area contributed by atoms with Gasteiger partial charge in [0, 0.05) is 43.2 Å². The summed E-state index contributed by atoms with van der Waals surface area (Å²) >= 11 is 1.76. The molecule has 0 atom stereocenters. The number of likely N-dealkylation sites (N-methyl/N-ethyl adjacent to an activating group) is 1. The molecular formula is C16H20N2OS. The fourth-order valence-electron chi connectivity index (χ4n) is 2.01. The molecule has 0 bridgehead atoms. The molecule has 0 N–H and O–H groups in total. The lowest BCUT2D eigenvalue weighted by molar-refractivity contribution is -0.129. The van der Waals surface area contributed by atoms with Crippen LogP contribution < -0.4 is 0 Å². The lowest BCUT2D eigenvalue weighted by Gasteiger charge is -2.16. The SMILES string of the molecule is CN(CCc1ccccn1)C(=O)CCCc1cccs1. The van der Waals surface area contributed by atoms with Gasteiger partial charge in [-0.15, -0.1) is 11.3 Å². The second-order valence-corrected chi connectivity index (χ2v) is 5.85. The van der Waals surface area contributed by atoms with Gasteiger partial charge >= 0.3 is 0 Å². The third kappa shape index (κ3) is 4.78. The molecule has 2 aromatic rings. The maximum absolute atomic E-state index is 12.0. The largest absolute Gasteiger partial charge is 0.345 e. The first kappa shape index (κ1) is 14.7. The summed E-state index contributed by atoms with van der Waals surface area (Å²) in [5, 5.41) is 2.08. The minimum absolute atomic E-state index is 0.220. The lowest BCUT2D eigenvalue weighted by atomic mass is 10.2. The van der Waals surface area contributed by atoms with E-state index in [1.54, 1.807) is 17.5 Å². The number of nitrogens with zero attached hydrogens (tertiary/aromatic N) is 2. The van der Waals surface area contributed by atoms with Gasteiger partial charge in [-0.25, -0.2) is 0 Å². The molecule has 106 valence electrons. The number of pyridine rings is 1. The van der Waals surface area contributed by atoms with Gasteiger partial charge < -0.3 is 4.90 Å². The zero-order valence-corrected chi connectivity index (χ0v) is 12.6. The molecule has 0 saturated carbocycles. The number of hydrogen-bond donors (Lipinski definition) is 0. The number of aryl methyl sites for hydroxylation is 1. The van der Waals surface area contributed by atoms with Crippen molar-refractivity contribution in [2.45, 2.75) is 25.7 Å². The average Bonchev–Trinajstić information content (AvgIpc) is 2.99. The van der Waals surface area contributed by atoms with E-state index in [9.17, 15) is 4.79 Å². The number of rotatable bonds is 7. The van der Waals surface area contributed by atoms with Crippen molar-refractivity contribution in [3.05, 3.63) is 52.5 Å². The highest BCUT2D eigenvalue weighted by molar-refractivity contribution is 7.09. The summed E-state index contributed by atoms with van der Waals surface area (Å²) in [5.74, 6) is 0.220. The van der Waals surface area contributed by atoms with E-state index in [1.807, 2.05) is 30.1 Å². The Bertz CT molecular complexity index is 511. The number of thiophene rings is 1. The van der Waals surface area contributed by atoms with Crippen molar-refractivity contribution in [1.82, 2.24) is 9.88 Å². The van der Waals surface area contributed by atoms with Crippen molar-refractivity contribution in [1.29, 1.82) is 0 Å². The Morgan fingerprint density at radius 2 is 2.15 bits per heavy atom. The first-order valence-electron chi connectivity index (χ1n) is 6.92. The summed E-state index contributed by atoms with van der Waals surface area (Å²) in [7, 11) is 1.87. The summed E-state index contributed by atoms with van der Waals surface area (Å²) in [6.45, 7) is 0.731. The van der Waals surface area contributed by atoms with E-state index in [0.717, 1.165) is 31.5 Å². The quantitative estimate of drug-likeness (QED) is 0.784. The van der Waals surface area contributed by atoms with Gasteiger partial charge in [0.05, 0.1) is 0 Å². The maximum Gasteiger partial charge on any atom is 0.222 e. The molecule has 20 heavy (non-hydrogen) atoms. The summed E-state index contributed by atoms with van der Waals surface area (Å²) in [6, 6.07) is 10.1. The van der Waals surface area contributed by atoms with Gasteiger partial charge in [0.25, 0.3) is 0 Å². The summed E-state index contributed by atoms with van der Waals surface area (Å²) in [5.41, 5.74) is 1.03. The Balaban J connectivity index is 1.66. The van der Waals surface area contributed by atoms with Crippen molar-refractivity contribution in [3.8, 4) is 0 Å². The van der Waals surface area contributed by atoms with Crippen LogP contribution in [0.2, 0.25) is 0 Å². The molecule has 0 spiro atoms. The van der Waals surface area contributed by atoms with Crippen LogP contribution >= 0.6 is 11.3 Å². The number of carbonyl (C=O) groups is 1. The Hall–Kier alpha value is -1.68. The second kappa shape index (κ2) is 7.80. The molecule has 2 aromatic heterocycles. The summed E-state index contributed by atoms with van der Waals surface area (Å²) in [4.78, 5) is 19.4. The predicted molar refractivity (Wildman–Crippen MR) is 82.8 cm³/mol. The molecule has 1 amide bonds. The molecule has 2 heterocycles. The Morgan fingerprint density at radius 3 is 2.85 bits per heavy atom. The van der Waals surface area contributed by atoms with E-state index >= 15 is 0 Å². The Morgan fingerprint density at radius 1 is 1.25 bits per heavy atom. The molecule has 0 saturated heterocycles. The Labute approximate surface area is 124 Å². The molecule has 0 fully saturated rings. The minimum atomic E-state index is 0.220. The third-order valence-corrected chi connectivity index (χ3v) is 4.19. The van der Waals surface area contributed by atoms with Crippen LogP contribution in [0.15, 0.2) is 41.9 Å². The highest BCUT2D eigenvalue weighted by atomic mass is 32.1. The molecule has 0 unspecified atom stereocenters. The fraction of sp³-hybridized carbons (Fsp3) is 0.375. The summed E-state index contributed by atoms with van der Waals surface area (Å²) < 4.78 is 0. The molecule has 0 aliphatic heterocycles. The number of aromatic nitrogens is 1. The zero-order valence-electron chi connectivity index (χ0n) is 11.8. The fourth-order valence-corrected chi connectivity index (χ4v) is 2.76. The molecule has 4 heteroatoms. The van der Waals surface area contributed by atoms with E-state index in [-0.39, 0.29) is 5.91 Å². The molecule has 0 aromatic carbocycles. The van der Waals surface area contributed by atoms with Gasteiger partial charge in [-0.05, 0) is 36.4 Å². The van der Waals surface area contributed by atoms with Crippen LogP contribution in [0.4, 0.5) is 0 Å². The monoisotopic (exact) mass is 288 g/mol. The molecule has 0 radical (unpaired) electrons. The van der Waals surface area contributed by atoms with E-state index in [0.29, 0.717) is 6.42 Å². The number of carbonyl (C=O) groups excluding carboxylic acids is 1. The van der Waals surface area contributed by atoms with Crippen LogP contribution in [0.5, 0.6) is 0 Å². The molecule has 0 aliphatic rings. The van der Waals surface area contributed by atoms with Crippen LogP contribution in [0, 0.1) is 0 Å². The van der Waals surface area contributed by atoms with Crippen LogP contribution in [0.1, 0.15) is 23.4 Å². The number of amides is 1. The van der Waals surface area contributed by atoms with Crippen LogP contribution in [-0.4, -0.2) is 29.4 Å². The zero-order chi connectivity index (χ0) is 14.2. The van der Waals surface area contributed by atoms with Gasteiger partial charge in [-0.1, -0.05) is 12.1 Å². The van der Waals surface area contributed by atoms with Gasteiger partial charge in [0.2, 0.25) is 5.91 Å². The first-order valence-corrected chi connectivity index (χ1v) is 7.80. The van der Waals surface area contributed by atoms with Gasteiger partial charge in [-0.3, -0.25) is 9.78 Å². The standard InChI is InChI=1S/C16H20N2OS/c1-18(12-10-14-6-2-3-11-17-14)16(19)9-4-7-15-8-5-13-20-15/h2-3,5-6,8,11,13H,4,7,9-10,12H2,1H3. The average molecular weight is 288 g/mol. The minimum Gasteiger partial charge on any atom is -0.345 e. The van der Waals surface area contributed by atoms with Gasteiger partial charge in [0.1, 0.15) is 0 Å². The lowest BCUT2D eigenvalue weighted by Crippen LogP contribution is -2.28. The molecular weight excluding hydrogens is 268 g/mol. The highest BCUT2D eigenvalue weighted by Gasteiger charge is 2.08. The van der Waals surface area contributed by atoms with E-state index in [4.69, 9.17) is 0 Å². The van der Waals surface area contributed by atoms with E-state index in [2.05, 4.69) is 22.5 Å². The van der Waals surface area contributed by atoms with Crippen LogP contribution in [-0.2, 0) is 17.6 Å². The molecule has 3 nitrogen and oxygen atoms in total. The molecule has 2 rings (SSSR count). The highest BCUT2D eigenvalue weighted by Crippen LogP contribution is 2.12. The second-order valence-electron chi connectivity index (χ2n) is 4.82. The first-order chi connectivity index (χ1) is 9.75. The smallest absolute Gasteiger partial charge is 0.222 e. The third-order valence-electron chi connectivity index (χ3n) is 3.25. The maximum atomic E-state index is 12.0. The predicted octanol–water partition coefficient (Wildman–Crippen LogP) is 3.17. The van der Waals surface area contributed by atoms with Crippen LogP contribution in [0.3, 0.4) is 0 Å². The van der Waals surface area contributed by atoms with Gasteiger partial charge in [0.15, 0.2) is 0 Å². The van der Waals surface area contributed by atoms with E-state index < -0.39 is 0 Å². The van der Waals surface area contributed by atoms with Gasteiger partial charge in [-0.2, -0.15) is 0 Å². The normalized spacial score (nSPS) is 10.4. The van der Waals surface area contributed by atoms with Crippen molar-refractivity contribution < 1.29 is 4.79 Å². The number of hydrogen-bond acceptors (Lipinski definition) is 3. The van der Waals surface area contributed by atoms with Crippen molar-refractivity contribution in [3.63, 3.8) is 0 Å². The summed E-state index contributed by atoms with van der Waals surface area (Å²) in [6.07, 6.45) is 5.15.